The predicted octanol–water partition coefficient (Wildman–Crippen LogP) is 2.10. The lowest BCUT2D eigenvalue weighted by Gasteiger charge is -2.24. The second-order valence-corrected chi connectivity index (χ2v) is 5.62. The number of carbonyl (C=O) groups excluding carboxylic acids is 1. The molecule has 0 spiro atoms. The molecule has 2 aromatic heterocycles. The number of pyridine rings is 2. The lowest BCUT2D eigenvalue weighted by molar-refractivity contribution is -0.122. The molecule has 0 radical (unpaired) electrons. The van der Waals surface area contributed by atoms with Gasteiger partial charge >= 0.3 is 0 Å². The molecule has 1 aliphatic rings. The first kappa shape index (κ1) is 15.4. The van der Waals surface area contributed by atoms with Gasteiger partial charge in [-0.05, 0) is 49.2 Å². The third-order valence-electron chi connectivity index (χ3n) is 4.08. The van der Waals surface area contributed by atoms with Crippen molar-refractivity contribution in [3.05, 3.63) is 48.3 Å². The Kier molecular flexibility index (Phi) is 4.83. The summed E-state index contributed by atoms with van der Waals surface area (Å²) >= 11 is 0. The zero-order chi connectivity index (χ0) is 16.1. The Morgan fingerprint density at radius 2 is 2.13 bits per heavy atom. The second-order valence-electron chi connectivity index (χ2n) is 5.62. The smallest absolute Gasteiger partial charge is 0.233 e. The third-order valence-corrected chi connectivity index (χ3v) is 4.08. The van der Waals surface area contributed by atoms with Gasteiger partial charge in [0.2, 0.25) is 5.91 Å². The summed E-state index contributed by atoms with van der Waals surface area (Å²) in [5.41, 5.74) is 1.18. The molecule has 2 N–H and O–H groups in total. The minimum absolute atomic E-state index is 0.0535. The number of anilines is 2. The Balaban J connectivity index is 1.75. The van der Waals surface area contributed by atoms with Crippen molar-refractivity contribution < 1.29 is 4.79 Å². The normalized spacial score (nSPS) is 17.9. The maximum Gasteiger partial charge on any atom is 0.233 e. The van der Waals surface area contributed by atoms with E-state index in [2.05, 4.69) is 25.5 Å². The summed E-state index contributed by atoms with van der Waals surface area (Å²) in [6.45, 7) is 1.38. The molecule has 0 aromatic carbocycles. The van der Waals surface area contributed by atoms with Crippen molar-refractivity contribution >= 4 is 17.5 Å². The fraction of sp³-hybridized carbons (Fsp3) is 0.353. The summed E-state index contributed by atoms with van der Waals surface area (Å²) in [5.74, 6) is 1.59. The molecule has 3 heterocycles. The van der Waals surface area contributed by atoms with Crippen LogP contribution in [0.25, 0.3) is 0 Å². The molecule has 120 valence electrons. The van der Waals surface area contributed by atoms with Crippen LogP contribution < -0.4 is 10.6 Å². The Labute approximate surface area is 135 Å². The average Bonchev–Trinajstić information content (AvgIpc) is 3.04. The Morgan fingerprint density at radius 3 is 2.91 bits per heavy atom. The monoisotopic (exact) mass is 311 g/mol. The van der Waals surface area contributed by atoms with Crippen molar-refractivity contribution in [1.82, 2.24) is 20.2 Å². The van der Waals surface area contributed by atoms with Crippen molar-refractivity contribution in [2.24, 2.45) is 0 Å². The molecule has 3 rings (SSSR count). The van der Waals surface area contributed by atoms with Gasteiger partial charge in [-0.2, -0.15) is 0 Å². The molecule has 1 amide bonds. The predicted molar refractivity (Wildman–Crippen MR) is 89.4 cm³/mol. The standard InChI is InChI=1S/C17H21N5O/c1-18-17(23)12-22-10-4-5-14(22)13-7-9-20-16(11-13)21-15-6-2-3-8-19-15/h2-3,6-9,11,14H,4-5,10,12H2,1H3,(H,18,23)(H,19,20,21)/t14-/m1/s1. The van der Waals surface area contributed by atoms with Gasteiger partial charge < -0.3 is 10.6 Å². The van der Waals surface area contributed by atoms with Crippen LogP contribution in [0.4, 0.5) is 11.6 Å². The van der Waals surface area contributed by atoms with Crippen LogP contribution in [0.2, 0.25) is 0 Å². The van der Waals surface area contributed by atoms with E-state index in [1.165, 1.54) is 5.56 Å². The number of hydrogen-bond acceptors (Lipinski definition) is 5. The molecule has 0 bridgehead atoms. The number of nitrogens with one attached hydrogen (secondary N) is 2. The molecule has 1 saturated heterocycles. The SMILES string of the molecule is CNC(=O)CN1CCC[C@@H]1c1ccnc(Nc2ccccn2)c1. The van der Waals surface area contributed by atoms with E-state index in [1.807, 2.05) is 30.3 Å². The Morgan fingerprint density at radius 1 is 1.26 bits per heavy atom. The summed E-state index contributed by atoms with van der Waals surface area (Å²) in [5, 5.41) is 5.91. The van der Waals surface area contributed by atoms with Crippen molar-refractivity contribution in [1.29, 1.82) is 0 Å². The maximum absolute atomic E-state index is 11.7. The number of rotatable bonds is 5. The molecule has 0 aliphatic carbocycles. The summed E-state index contributed by atoms with van der Waals surface area (Å²) < 4.78 is 0. The van der Waals surface area contributed by atoms with Crippen molar-refractivity contribution in [3.63, 3.8) is 0 Å². The number of hydrogen-bond donors (Lipinski definition) is 2. The van der Waals surface area contributed by atoms with Crippen molar-refractivity contribution in [2.75, 3.05) is 25.5 Å². The molecule has 0 unspecified atom stereocenters. The van der Waals surface area contributed by atoms with Crippen molar-refractivity contribution in [2.45, 2.75) is 18.9 Å². The Bertz CT molecular complexity index is 661. The second kappa shape index (κ2) is 7.19. The molecule has 6 nitrogen and oxygen atoms in total. The van der Waals surface area contributed by atoms with Gasteiger partial charge in [0.1, 0.15) is 11.6 Å². The van der Waals surface area contributed by atoms with E-state index in [0.29, 0.717) is 6.54 Å². The van der Waals surface area contributed by atoms with Crippen LogP contribution in [0, 0.1) is 0 Å². The topological polar surface area (TPSA) is 70.2 Å². The van der Waals surface area contributed by atoms with Crippen LogP contribution in [-0.2, 0) is 4.79 Å². The first-order valence-corrected chi connectivity index (χ1v) is 7.85. The first-order valence-electron chi connectivity index (χ1n) is 7.85. The molecule has 2 aromatic rings. The highest BCUT2D eigenvalue weighted by molar-refractivity contribution is 5.77. The van der Waals surface area contributed by atoms with Gasteiger partial charge in [0, 0.05) is 25.5 Å². The maximum atomic E-state index is 11.7. The summed E-state index contributed by atoms with van der Waals surface area (Å²) in [4.78, 5) is 22.5. The van der Waals surface area contributed by atoms with Gasteiger partial charge in [0.15, 0.2) is 0 Å². The highest BCUT2D eigenvalue weighted by atomic mass is 16.1. The number of carbonyl (C=O) groups is 1. The van der Waals surface area contributed by atoms with Crippen LogP contribution in [0.5, 0.6) is 0 Å². The average molecular weight is 311 g/mol. The number of likely N-dealkylation sites (tertiary alicyclic amines) is 1. The zero-order valence-electron chi connectivity index (χ0n) is 13.2. The summed E-state index contributed by atoms with van der Waals surface area (Å²) in [7, 11) is 1.68. The molecule has 1 atom stereocenters. The fourth-order valence-corrected chi connectivity index (χ4v) is 2.95. The summed E-state index contributed by atoms with van der Waals surface area (Å²) in [6.07, 6.45) is 5.71. The molecular formula is C17H21N5O. The van der Waals surface area contributed by atoms with Crippen molar-refractivity contribution in [3.8, 4) is 0 Å². The lowest BCUT2D eigenvalue weighted by Crippen LogP contribution is -2.35. The van der Waals surface area contributed by atoms with Gasteiger partial charge in [0.25, 0.3) is 0 Å². The summed E-state index contributed by atoms with van der Waals surface area (Å²) in [6, 6.07) is 10.0. The van der Waals surface area contributed by atoms with Gasteiger partial charge in [-0.1, -0.05) is 6.07 Å². The van der Waals surface area contributed by atoms with E-state index in [9.17, 15) is 4.79 Å². The highest BCUT2D eigenvalue weighted by Crippen LogP contribution is 2.32. The lowest BCUT2D eigenvalue weighted by atomic mass is 10.1. The Hall–Kier alpha value is -2.47. The first-order chi connectivity index (χ1) is 11.3. The highest BCUT2D eigenvalue weighted by Gasteiger charge is 2.27. The third kappa shape index (κ3) is 3.84. The quantitative estimate of drug-likeness (QED) is 0.885. The molecule has 1 aliphatic heterocycles. The number of nitrogens with zero attached hydrogens (tertiary/aromatic N) is 3. The van der Waals surface area contributed by atoms with Crippen LogP contribution >= 0.6 is 0 Å². The molecule has 23 heavy (non-hydrogen) atoms. The minimum atomic E-state index is 0.0535. The fourth-order valence-electron chi connectivity index (χ4n) is 2.95. The molecular weight excluding hydrogens is 290 g/mol. The molecule has 1 fully saturated rings. The zero-order valence-corrected chi connectivity index (χ0v) is 13.2. The van der Waals surface area contributed by atoms with Gasteiger partial charge in [0.05, 0.1) is 6.54 Å². The van der Waals surface area contributed by atoms with Crippen LogP contribution in [0.1, 0.15) is 24.4 Å². The number of amides is 1. The molecule has 0 saturated carbocycles. The van der Waals surface area contributed by atoms with E-state index in [-0.39, 0.29) is 11.9 Å². The van der Waals surface area contributed by atoms with E-state index in [4.69, 9.17) is 0 Å². The van der Waals surface area contributed by atoms with Crippen LogP contribution in [0.3, 0.4) is 0 Å². The largest absolute Gasteiger partial charge is 0.358 e. The minimum Gasteiger partial charge on any atom is -0.358 e. The van der Waals surface area contributed by atoms with Gasteiger partial charge in [-0.15, -0.1) is 0 Å². The van der Waals surface area contributed by atoms with Gasteiger partial charge in [-0.25, -0.2) is 9.97 Å². The van der Waals surface area contributed by atoms with Crippen LogP contribution in [-0.4, -0.2) is 40.9 Å². The number of aromatic nitrogens is 2. The van der Waals surface area contributed by atoms with E-state index >= 15 is 0 Å². The van der Waals surface area contributed by atoms with Crippen LogP contribution in [0.15, 0.2) is 42.7 Å². The number of likely N-dealkylation sites (N-methyl/N-ethyl adjacent to an activating group) is 1. The van der Waals surface area contributed by atoms with E-state index in [0.717, 1.165) is 31.0 Å². The van der Waals surface area contributed by atoms with E-state index < -0.39 is 0 Å². The van der Waals surface area contributed by atoms with Gasteiger partial charge in [-0.3, -0.25) is 9.69 Å². The van der Waals surface area contributed by atoms with E-state index in [1.54, 1.807) is 19.4 Å². The molecule has 6 heteroatoms.